The third kappa shape index (κ3) is 2.77. The van der Waals surface area contributed by atoms with Gasteiger partial charge in [0.2, 0.25) is 0 Å². The molecular formula is C26H29O2Se. The number of aryl methyl sites for hydroxylation is 1. The van der Waals surface area contributed by atoms with Gasteiger partial charge in [-0.1, -0.05) is 0 Å². The summed E-state index contributed by atoms with van der Waals surface area (Å²) in [5, 5.41) is 11.6. The number of rotatable bonds is 2. The number of phenolic OH excluding ortho intramolecular Hbond substituents is 1. The number of carbonyl (C=O) groups is 1. The van der Waals surface area contributed by atoms with Gasteiger partial charge in [0.25, 0.3) is 0 Å². The third-order valence-electron chi connectivity index (χ3n) is 8.19. The van der Waals surface area contributed by atoms with E-state index >= 15 is 0 Å². The number of aromatic hydroxyl groups is 1. The van der Waals surface area contributed by atoms with Crippen LogP contribution in [0.2, 0.25) is 5.32 Å². The molecule has 2 aromatic carbocycles. The molecule has 0 aliphatic heterocycles. The summed E-state index contributed by atoms with van der Waals surface area (Å²) in [7, 11) is 0. The predicted octanol–water partition coefficient (Wildman–Crippen LogP) is 5.69. The van der Waals surface area contributed by atoms with Crippen molar-refractivity contribution in [3.8, 4) is 16.9 Å². The normalized spacial score (nSPS) is 32.4. The number of carbonyl (C=O) groups excluding carboxylic acids is 1. The standard InChI is InChI=1S/C26H29O2Se/c1-25(2)14-22-19-9-8-17-12-23(27)21(16-6-4-3-5-7-16)13-20(17)18(19)10-11-26(22,15-29)24(25)28/h3-7,12-13,18-19,22,27H,8-11,14-15H2,1-2H3/t18-,19+,22-,26+/m0/s1. The molecule has 0 saturated heterocycles. The van der Waals surface area contributed by atoms with Crippen LogP contribution in [-0.4, -0.2) is 26.9 Å². The van der Waals surface area contributed by atoms with E-state index in [1.807, 2.05) is 24.3 Å². The minimum absolute atomic E-state index is 0.151. The van der Waals surface area contributed by atoms with E-state index in [4.69, 9.17) is 0 Å². The Morgan fingerprint density at radius 1 is 1.14 bits per heavy atom. The van der Waals surface area contributed by atoms with Gasteiger partial charge in [-0.2, -0.15) is 0 Å². The Kier molecular flexibility index (Phi) is 4.49. The average Bonchev–Trinajstić information content (AvgIpc) is 2.94. The molecule has 3 aliphatic carbocycles. The zero-order chi connectivity index (χ0) is 20.4. The Labute approximate surface area is 181 Å². The molecular weight excluding hydrogens is 423 g/mol. The summed E-state index contributed by atoms with van der Waals surface area (Å²) >= 11 is 3.24. The molecule has 0 unspecified atom stereocenters. The fraction of sp³-hybridized carbons (Fsp3) is 0.500. The molecule has 2 aromatic rings. The van der Waals surface area contributed by atoms with Gasteiger partial charge in [0.05, 0.1) is 0 Å². The Hall–Kier alpha value is -1.57. The molecule has 0 spiro atoms. The number of fused-ring (bicyclic) bond motifs is 5. The molecule has 29 heavy (non-hydrogen) atoms. The molecule has 151 valence electrons. The van der Waals surface area contributed by atoms with E-state index in [9.17, 15) is 9.90 Å². The fourth-order valence-corrected chi connectivity index (χ4v) is 7.89. The van der Waals surface area contributed by atoms with Crippen LogP contribution in [0.5, 0.6) is 5.75 Å². The molecule has 0 aromatic heterocycles. The Balaban J connectivity index is 1.57. The topological polar surface area (TPSA) is 37.3 Å². The quantitative estimate of drug-likeness (QED) is 0.595. The minimum atomic E-state index is -0.201. The molecule has 3 aliphatic rings. The van der Waals surface area contributed by atoms with Gasteiger partial charge in [0.15, 0.2) is 0 Å². The van der Waals surface area contributed by atoms with Gasteiger partial charge in [0, 0.05) is 0 Å². The number of ketones is 1. The van der Waals surface area contributed by atoms with Crippen molar-refractivity contribution in [3.63, 3.8) is 0 Å². The third-order valence-corrected chi connectivity index (χ3v) is 9.27. The summed E-state index contributed by atoms with van der Waals surface area (Å²) in [6.07, 6.45) is 5.24. The number of hydrogen-bond acceptors (Lipinski definition) is 2. The van der Waals surface area contributed by atoms with Crippen molar-refractivity contribution in [2.45, 2.75) is 57.2 Å². The van der Waals surface area contributed by atoms with Crippen LogP contribution in [0, 0.1) is 22.7 Å². The van der Waals surface area contributed by atoms with Crippen molar-refractivity contribution in [1.29, 1.82) is 0 Å². The van der Waals surface area contributed by atoms with Gasteiger partial charge in [-0.05, 0) is 0 Å². The molecule has 3 heteroatoms. The van der Waals surface area contributed by atoms with E-state index in [0.717, 1.165) is 48.6 Å². The van der Waals surface area contributed by atoms with Crippen LogP contribution < -0.4 is 0 Å². The van der Waals surface area contributed by atoms with E-state index in [2.05, 4.69) is 48.1 Å². The SMILES string of the molecule is CC1(C)C[C@H]2[C@@H]3CCc4cc(O)c(-c5ccccc5)cc4[C@H]3CC[C@]2(C[Se])C1=O. The number of hydrogen-bond donors (Lipinski definition) is 1. The molecule has 5 rings (SSSR count). The maximum absolute atomic E-state index is 13.4. The van der Waals surface area contributed by atoms with Crippen LogP contribution in [0.4, 0.5) is 0 Å². The van der Waals surface area contributed by atoms with Crippen molar-refractivity contribution >= 4 is 21.8 Å². The van der Waals surface area contributed by atoms with Gasteiger partial charge in [0.1, 0.15) is 0 Å². The molecule has 2 saturated carbocycles. The maximum atomic E-state index is 13.4. The first-order valence-electron chi connectivity index (χ1n) is 10.9. The Morgan fingerprint density at radius 2 is 1.90 bits per heavy atom. The van der Waals surface area contributed by atoms with Crippen LogP contribution in [0.1, 0.15) is 56.6 Å². The number of phenols is 1. The fourth-order valence-electron chi connectivity index (χ4n) is 6.86. The molecule has 2 fully saturated rings. The summed E-state index contributed by atoms with van der Waals surface area (Å²) in [4.78, 5) is 13.4. The second-order valence-electron chi connectivity index (χ2n) is 10.1. The summed E-state index contributed by atoms with van der Waals surface area (Å²) in [5.74, 6) is 2.44. The Bertz CT molecular complexity index is 964. The van der Waals surface area contributed by atoms with Gasteiger partial charge >= 0.3 is 182 Å². The Morgan fingerprint density at radius 3 is 2.62 bits per heavy atom. The van der Waals surface area contributed by atoms with E-state index in [1.54, 1.807) is 0 Å². The van der Waals surface area contributed by atoms with Gasteiger partial charge in [-0.25, -0.2) is 0 Å². The van der Waals surface area contributed by atoms with E-state index < -0.39 is 0 Å². The monoisotopic (exact) mass is 453 g/mol. The number of benzene rings is 2. The molecule has 2 nitrogen and oxygen atoms in total. The molecule has 1 N–H and O–H groups in total. The average molecular weight is 452 g/mol. The molecule has 0 heterocycles. The van der Waals surface area contributed by atoms with Crippen molar-refractivity contribution in [2.24, 2.45) is 22.7 Å². The van der Waals surface area contributed by atoms with Crippen LogP contribution in [0.25, 0.3) is 11.1 Å². The van der Waals surface area contributed by atoms with Crippen molar-refractivity contribution in [2.75, 3.05) is 0 Å². The van der Waals surface area contributed by atoms with Crippen LogP contribution in [0.15, 0.2) is 42.5 Å². The molecule has 0 amide bonds. The zero-order valence-corrected chi connectivity index (χ0v) is 19.0. The molecule has 1 radical (unpaired) electrons. The number of Topliss-reactive ketones (excluding diaryl/α,β-unsaturated/α-hetero) is 1. The zero-order valence-electron chi connectivity index (χ0n) is 17.3. The first kappa shape index (κ1) is 19.4. The van der Waals surface area contributed by atoms with Crippen LogP contribution in [-0.2, 0) is 11.2 Å². The first-order chi connectivity index (χ1) is 13.9. The summed E-state index contributed by atoms with van der Waals surface area (Å²) < 4.78 is 0. The molecule has 4 atom stereocenters. The van der Waals surface area contributed by atoms with Gasteiger partial charge < -0.3 is 0 Å². The van der Waals surface area contributed by atoms with Crippen molar-refractivity contribution < 1.29 is 9.90 Å². The first-order valence-corrected chi connectivity index (χ1v) is 12.1. The van der Waals surface area contributed by atoms with E-state index in [1.165, 1.54) is 11.1 Å². The van der Waals surface area contributed by atoms with Crippen molar-refractivity contribution in [3.05, 3.63) is 53.6 Å². The van der Waals surface area contributed by atoms with E-state index in [0.29, 0.717) is 29.3 Å². The van der Waals surface area contributed by atoms with Crippen molar-refractivity contribution in [1.82, 2.24) is 0 Å². The summed E-state index contributed by atoms with van der Waals surface area (Å²) in [6, 6.07) is 14.5. The predicted molar refractivity (Wildman–Crippen MR) is 117 cm³/mol. The second kappa shape index (κ2) is 6.72. The van der Waals surface area contributed by atoms with Crippen LogP contribution >= 0.6 is 0 Å². The van der Waals surface area contributed by atoms with E-state index in [-0.39, 0.29) is 10.8 Å². The van der Waals surface area contributed by atoms with Gasteiger partial charge in [-0.15, -0.1) is 0 Å². The van der Waals surface area contributed by atoms with Crippen LogP contribution in [0.3, 0.4) is 0 Å². The molecule has 0 bridgehead atoms. The second-order valence-corrected chi connectivity index (χ2v) is 10.7. The summed E-state index contributed by atoms with van der Waals surface area (Å²) in [5.41, 5.74) is 4.38. The summed E-state index contributed by atoms with van der Waals surface area (Å²) in [6.45, 7) is 4.31. The van der Waals surface area contributed by atoms with Gasteiger partial charge in [-0.3, -0.25) is 0 Å².